The van der Waals surface area contributed by atoms with E-state index in [1.54, 1.807) is 11.3 Å². The first-order valence-electron chi connectivity index (χ1n) is 7.65. The number of carbonyl (C=O) groups excluding carboxylic acids is 1. The smallest absolute Gasteiger partial charge is 0.223 e. The molecule has 0 radical (unpaired) electrons. The summed E-state index contributed by atoms with van der Waals surface area (Å²) in [4.78, 5) is 13.4. The number of hydrogen-bond acceptors (Lipinski definition) is 4. The first-order valence-corrected chi connectivity index (χ1v) is 8.53. The van der Waals surface area contributed by atoms with Crippen molar-refractivity contribution in [3.8, 4) is 10.4 Å². The van der Waals surface area contributed by atoms with E-state index in [-0.39, 0.29) is 11.8 Å². The maximum Gasteiger partial charge on any atom is 0.223 e. The van der Waals surface area contributed by atoms with Gasteiger partial charge < -0.3 is 16.4 Å². The Morgan fingerprint density at radius 3 is 2.86 bits per heavy atom. The zero-order valence-corrected chi connectivity index (χ0v) is 13.3. The van der Waals surface area contributed by atoms with Crippen LogP contribution in [0.25, 0.3) is 10.4 Å². The Labute approximate surface area is 134 Å². The molecule has 0 unspecified atom stereocenters. The number of nitrogen functional groups attached to an aromatic ring is 1. The molecule has 1 fully saturated rings. The van der Waals surface area contributed by atoms with Crippen LogP contribution in [-0.4, -0.2) is 19.0 Å². The van der Waals surface area contributed by atoms with Gasteiger partial charge in [-0.25, -0.2) is 0 Å². The van der Waals surface area contributed by atoms with Crippen LogP contribution in [-0.2, 0) is 11.3 Å². The van der Waals surface area contributed by atoms with Gasteiger partial charge in [0, 0.05) is 23.0 Å². The van der Waals surface area contributed by atoms with Crippen molar-refractivity contribution in [3.63, 3.8) is 0 Å². The Bertz CT molecular complexity index is 633. The van der Waals surface area contributed by atoms with Gasteiger partial charge in [-0.3, -0.25) is 4.79 Å². The molecule has 22 heavy (non-hydrogen) atoms. The van der Waals surface area contributed by atoms with Gasteiger partial charge in [0.2, 0.25) is 5.91 Å². The van der Waals surface area contributed by atoms with E-state index in [9.17, 15) is 4.79 Å². The summed E-state index contributed by atoms with van der Waals surface area (Å²) >= 11 is 1.70. The van der Waals surface area contributed by atoms with E-state index in [0.717, 1.165) is 42.7 Å². The number of rotatable bonds is 4. The minimum absolute atomic E-state index is 0.128. The fourth-order valence-electron chi connectivity index (χ4n) is 2.77. The lowest BCUT2D eigenvalue weighted by molar-refractivity contribution is -0.125. The Morgan fingerprint density at radius 1 is 1.32 bits per heavy atom. The molecule has 2 heterocycles. The van der Waals surface area contributed by atoms with Crippen molar-refractivity contribution >= 4 is 22.9 Å². The fraction of sp³-hybridized carbons (Fsp3) is 0.353. The maximum absolute atomic E-state index is 12.2. The van der Waals surface area contributed by atoms with Crippen molar-refractivity contribution in [3.05, 3.63) is 41.3 Å². The lowest BCUT2D eigenvalue weighted by Crippen LogP contribution is -2.37. The molecule has 0 spiro atoms. The van der Waals surface area contributed by atoms with Gasteiger partial charge in [0.15, 0.2) is 0 Å². The number of nitrogens with two attached hydrogens (primary N) is 1. The minimum atomic E-state index is 0.128. The summed E-state index contributed by atoms with van der Waals surface area (Å²) in [5, 5.41) is 8.38. The summed E-state index contributed by atoms with van der Waals surface area (Å²) in [6.07, 6.45) is 1.83. The van der Waals surface area contributed by atoms with Gasteiger partial charge in [-0.15, -0.1) is 11.3 Å². The van der Waals surface area contributed by atoms with Crippen molar-refractivity contribution in [2.75, 3.05) is 18.8 Å². The van der Waals surface area contributed by atoms with Crippen LogP contribution in [0.4, 0.5) is 5.69 Å². The third kappa shape index (κ3) is 3.48. The third-order valence-corrected chi connectivity index (χ3v) is 5.03. The number of piperidine rings is 1. The average molecular weight is 315 g/mol. The Hall–Kier alpha value is -1.85. The largest absolute Gasteiger partial charge is 0.398 e. The van der Waals surface area contributed by atoms with Crippen molar-refractivity contribution in [1.29, 1.82) is 0 Å². The molecule has 4 N–H and O–H groups in total. The Morgan fingerprint density at radius 2 is 2.14 bits per heavy atom. The second-order valence-electron chi connectivity index (χ2n) is 5.63. The van der Waals surface area contributed by atoms with Crippen LogP contribution in [0.2, 0.25) is 0 Å². The number of carbonyl (C=O) groups is 1. The fourth-order valence-corrected chi connectivity index (χ4v) is 3.49. The van der Waals surface area contributed by atoms with E-state index in [4.69, 9.17) is 5.73 Å². The van der Waals surface area contributed by atoms with E-state index < -0.39 is 0 Å². The van der Waals surface area contributed by atoms with Gasteiger partial charge in [-0.1, -0.05) is 12.1 Å². The number of thiophene rings is 1. The molecule has 0 aliphatic carbocycles. The number of nitrogens with one attached hydrogen (secondary N) is 2. The molecular weight excluding hydrogens is 294 g/mol. The first kappa shape index (κ1) is 15.1. The lowest BCUT2D eigenvalue weighted by atomic mass is 9.97. The number of hydrogen-bond donors (Lipinski definition) is 3. The average Bonchev–Trinajstić information content (AvgIpc) is 3.09. The molecule has 116 valence electrons. The second kappa shape index (κ2) is 6.94. The highest BCUT2D eigenvalue weighted by Crippen LogP contribution is 2.27. The van der Waals surface area contributed by atoms with Gasteiger partial charge in [0.1, 0.15) is 0 Å². The van der Waals surface area contributed by atoms with Crippen molar-refractivity contribution in [2.24, 2.45) is 5.92 Å². The molecule has 1 aromatic heterocycles. The molecule has 0 saturated carbocycles. The standard InChI is InChI=1S/C17H21N3OS/c18-15-4-3-13(16-2-1-9-22-16)10-14(15)11-20-17(21)12-5-7-19-8-6-12/h1-4,9-10,12,19H,5-8,11,18H2,(H,20,21). The molecule has 1 aliphatic rings. The van der Waals surface area contributed by atoms with Crippen LogP contribution >= 0.6 is 11.3 Å². The zero-order valence-electron chi connectivity index (χ0n) is 12.5. The van der Waals surface area contributed by atoms with E-state index in [1.807, 2.05) is 18.2 Å². The van der Waals surface area contributed by atoms with E-state index in [2.05, 4.69) is 28.1 Å². The van der Waals surface area contributed by atoms with Crippen LogP contribution in [0.1, 0.15) is 18.4 Å². The van der Waals surface area contributed by atoms with Gasteiger partial charge in [-0.05, 0) is 60.6 Å². The summed E-state index contributed by atoms with van der Waals surface area (Å²) in [6, 6.07) is 10.1. The highest BCUT2D eigenvalue weighted by Gasteiger charge is 2.20. The topological polar surface area (TPSA) is 67.1 Å². The molecule has 1 aromatic carbocycles. The molecular formula is C17H21N3OS. The van der Waals surface area contributed by atoms with Crippen LogP contribution in [0, 0.1) is 5.92 Å². The summed E-state index contributed by atoms with van der Waals surface area (Å²) in [5.41, 5.74) is 8.91. The highest BCUT2D eigenvalue weighted by atomic mass is 32.1. The Kier molecular flexibility index (Phi) is 4.75. The number of benzene rings is 1. The second-order valence-corrected chi connectivity index (χ2v) is 6.58. The normalized spacial score (nSPS) is 15.6. The van der Waals surface area contributed by atoms with Crippen molar-refractivity contribution in [1.82, 2.24) is 10.6 Å². The number of amides is 1. The SMILES string of the molecule is Nc1ccc(-c2cccs2)cc1CNC(=O)C1CCNCC1. The van der Waals surface area contributed by atoms with Gasteiger partial charge in [0.05, 0.1) is 0 Å². The zero-order chi connectivity index (χ0) is 15.4. The summed E-state index contributed by atoms with van der Waals surface area (Å²) in [5.74, 6) is 0.269. The van der Waals surface area contributed by atoms with Crippen LogP contribution in [0.15, 0.2) is 35.7 Å². The molecule has 1 aliphatic heterocycles. The van der Waals surface area contributed by atoms with Crippen molar-refractivity contribution in [2.45, 2.75) is 19.4 Å². The van der Waals surface area contributed by atoms with Crippen LogP contribution in [0.5, 0.6) is 0 Å². The minimum Gasteiger partial charge on any atom is -0.398 e. The van der Waals surface area contributed by atoms with Crippen LogP contribution in [0.3, 0.4) is 0 Å². The predicted molar refractivity (Wildman–Crippen MR) is 91.6 cm³/mol. The molecule has 1 saturated heterocycles. The quantitative estimate of drug-likeness (QED) is 0.760. The maximum atomic E-state index is 12.2. The highest BCUT2D eigenvalue weighted by molar-refractivity contribution is 7.13. The molecule has 1 amide bonds. The summed E-state index contributed by atoms with van der Waals surface area (Å²) < 4.78 is 0. The lowest BCUT2D eigenvalue weighted by Gasteiger charge is -2.22. The van der Waals surface area contributed by atoms with Crippen LogP contribution < -0.4 is 16.4 Å². The summed E-state index contributed by atoms with van der Waals surface area (Å²) in [6.45, 7) is 2.34. The van der Waals surface area contributed by atoms with Gasteiger partial charge in [0.25, 0.3) is 0 Å². The van der Waals surface area contributed by atoms with Gasteiger partial charge >= 0.3 is 0 Å². The first-order chi connectivity index (χ1) is 10.7. The summed E-state index contributed by atoms with van der Waals surface area (Å²) in [7, 11) is 0. The van der Waals surface area contributed by atoms with E-state index >= 15 is 0 Å². The van der Waals surface area contributed by atoms with Gasteiger partial charge in [-0.2, -0.15) is 0 Å². The number of anilines is 1. The molecule has 4 nitrogen and oxygen atoms in total. The molecule has 0 bridgehead atoms. The molecule has 0 atom stereocenters. The molecule has 5 heteroatoms. The van der Waals surface area contributed by atoms with E-state index in [1.165, 1.54) is 4.88 Å². The monoisotopic (exact) mass is 315 g/mol. The Balaban J connectivity index is 1.66. The third-order valence-electron chi connectivity index (χ3n) is 4.11. The van der Waals surface area contributed by atoms with E-state index in [0.29, 0.717) is 6.54 Å². The van der Waals surface area contributed by atoms with Crippen molar-refractivity contribution < 1.29 is 4.79 Å². The predicted octanol–water partition coefficient (Wildman–Crippen LogP) is 2.61. The molecule has 2 aromatic rings. The molecule has 3 rings (SSSR count).